The lowest BCUT2D eigenvalue weighted by atomic mass is 10.4. The molecule has 0 unspecified atom stereocenters. The van der Waals surface area contributed by atoms with Crippen molar-refractivity contribution in [3.05, 3.63) is 11.7 Å². The molecule has 0 aromatic carbocycles. The van der Waals surface area contributed by atoms with Crippen molar-refractivity contribution in [3.63, 3.8) is 0 Å². The van der Waals surface area contributed by atoms with Crippen molar-refractivity contribution in [3.8, 4) is 0 Å². The van der Waals surface area contributed by atoms with Crippen LogP contribution in [0.2, 0.25) is 0 Å². The number of carboxylic acids is 1. The number of carboxylic acid groups (broad SMARTS) is 1. The van der Waals surface area contributed by atoms with Gasteiger partial charge in [0, 0.05) is 0 Å². The van der Waals surface area contributed by atoms with E-state index < -0.39 is 31.0 Å². The van der Waals surface area contributed by atoms with Crippen LogP contribution >= 0.6 is 0 Å². The average molecular weight is 240 g/mol. The van der Waals surface area contributed by atoms with Gasteiger partial charge in [0.15, 0.2) is 5.82 Å². The second-order valence-electron chi connectivity index (χ2n) is 2.78. The smallest absolute Gasteiger partial charge is 0.396 e. The molecule has 0 fully saturated rings. The van der Waals surface area contributed by atoms with Crippen molar-refractivity contribution < 1.29 is 32.3 Å². The van der Waals surface area contributed by atoms with Crippen molar-refractivity contribution in [2.45, 2.75) is 19.2 Å². The molecule has 1 N–H and O–H groups in total. The van der Waals surface area contributed by atoms with E-state index in [9.17, 15) is 18.0 Å². The molecule has 16 heavy (non-hydrogen) atoms. The van der Waals surface area contributed by atoms with Gasteiger partial charge < -0.3 is 14.4 Å². The third kappa shape index (κ3) is 4.73. The molecule has 0 atom stereocenters. The Balaban J connectivity index is 2.42. The summed E-state index contributed by atoms with van der Waals surface area (Å²) in [5.41, 5.74) is 0. The second-order valence-corrected chi connectivity index (χ2v) is 2.78. The number of alkyl halides is 3. The standard InChI is InChI=1S/C7H7F3N2O4/c8-7(9,10)1-4-11-5(16-12-4)2-15-3-6(13)14/h1-3H2,(H,13,14). The van der Waals surface area contributed by atoms with E-state index in [-0.39, 0.29) is 12.5 Å². The number of nitrogens with zero attached hydrogens (tertiary/aromatic N) is 2. The normalized spacial score (nSPS) is 11.7. The van der Waals surface area contributed by atoms with Gasteiger partial charge in [-0.25, -0.2) is 4.79 Å². The van der Waals surface area contributed by atoms with Gasteiger partial charge in [-0.15, -0.1) is 0 Å². The van der Waals surface area contributed by atoms with Crippen LogP contribution in [0, 0.1) is 0 Å². The lowest BCUT2D eigenvalue weighted by molar-refractivity contribution is -0.142. The van der Waals surface area contributed by atoms with Crippen LogP contribution in [0.3, 0.4) is 0 Å². The Morgan fingerprint density at radius 2 is 2.19 bits per heavy atom. The first-order valence-electron chi connectivity index (χ1n) is 4.04. The lowest BCUT2D eigenvalue weighted by Gasteiger charge is -1.99. The summed E-state index contributed by atoms with van der Waals surface area (Å²) in [7, 11) is 0. The lowest BCUT2D eigenvalue weighted by Crippen LogP contribution is -2.12. The number of carbonyl (C=O) groups is 1. The highest BCUT2D eigenvalue weighted by Gasteiger charge is 2.30. The second kappa shape index (κ2) is 4.92. The summed E-state index contributed by atoms with van der Waals surface area (Å²) < 4.78 is 44.6. The molecule has 0 saturated carbocycles. The van der Waals surface area contributed by atoms with E-state index in [1.165, 1.54) is 0 Å². The third-order valence-corrected chi connectivity index (χ3v) is 1.32. The summed E-state index contributed by atoms with van der Waals surface area (Å²) in [6.45, 7) is -0.922. The third-order valence-electron chi connectivity index (χ3n) is 1.32. The molecule has 1 heterocycles. The predicted octanol–water partition coefficient (Wildman–Crippen LogP) is 0.776. The molecule has 0 aliphatic carbocycles. The van der Waals surface area contributed by atoms with Crippen molar-refractivity contribution >= 4 is 5.97 Å². The maximum atomic E-state index is 11.9. The zero-order valence-corrected chi connectivity index (χ0v) is 7.82. The van der Waals surface area contributed by atoms with Crippen LogP contribution in [0.15, 0.2) is 4.52 Å². The highest BCUT2D eigenvalue weighted by atomic mass is 19.4. The van der Waals surface area contributed by atoms with Crippen LogP contribution in [-0.4, -0.2) is 34.0 Å². The maximum absolute atomic E-state index is 11.9. The monoisotopic (exact) mass is 240 g/mol. The Morgan fingerprint density at radius 3 is 2.75 bits per heavy atom. The molecule has 90 valence electrons. The summed E-state index contributed by atoms with van der Waals surface area (Å²) in [4.78, 5) is 13.4. The summed E-state index contributed by atoms with van der Waals surface area (Å²) in [6, 6.07) is 0. The highest BCUT2D eigenvalue weighted by molar-refractivity contribution is 5.67. The minimum Gasteiger partial charge on any atom is -0.480 e. The van der Waals surface area contributed by atoms with Crippen molar-refractivity contribution in [2.75, 3.05) is 6.61 Å². The Kier molecular flexibility index (Phi) is 3.82. The number of hydrogen-bond acceptors (Lipinski definition) is 5. The zero-order chi connectivity index (χ0) is 12.2. The Hall–Kier alpha value is -1.64. The Morgan fingerprint density at radius 1 is 1.50 bits per heavy atom. The average Bonchev–Trinajstić information content (AvgIpc) is 2.48. The predicted molar refractivity (Wildman–Crippen MR) is 41.3 cm³/mol. The van der Waals surface area contributed by atoms with Gasteiger partial charge in [-0.1, -0.05) is 5.16 Å². The largest absolute Gasteiger partial charge is 0.480 e. The number of ether oxygens (including phenoxy) is 1. The fourth-order valence-electron chi connectivity index (χ4n) is 0.826. The highest BCUT2D eigenvalue weighted by Crippen LogP contribution is 2.19. The van der Waals surface area contributed by atoms with Gasteiger partial charge in [-0.2, -0.15) is 18.2 Å². The molecular weight excluding hydrogens is 233 g/mol. The van der Waals surface area contributed by atoms with Gasteiger partial charge in [0.05, 0.1) is 0 Å². The fourth-order valence-corrected chi connectivity index (χ4v) is 0.826. The molecule has 0 aliphatic rings. The van der Waals surface area contributed by atoms with E-state index in [0.717, 1.165) is 0 Å². The molecule has 0 aliphatic heterocycles. The number of halogens is 3. The SMILES string of the molecule is O=C(O)COCc1nc(CC(F)(F)F)no1. The fraction of sp³-hybridized carbons (Fsp3) is 0.571. The zero-order valence-electron chi connectivity index (χ0n) is 7.82. The topological polar surface area (TPSA) is 85.5 Å². The molecule has 0 saturated heterocycles. The molecule has 0 amide bonds. The first-order chi connectivity index (χ1) is 7.37. The number of hydrogen-bond donors (Lipinski definition) is 1. The van der Waals surface area contributed by atoms with Crippen LogP contribution in [0.5, 0.6) is 0 Å². The minimum absolute atomic E-state index is 0.194. The summed E-state index contributed by atoms with van der Waals surface area (Å²) in [6.07, 6.45) is -5.71. The molecule has 1 rings (SSSR count). The molecular formula is C7H7F3N2O4. The first-order valence-corrected chi connectivity index (χ1v) is 4.04. The van der Waals surface area contributed by atoms with Gasteiger partial charge in [0.2, 0.25) is 0 Å². The number of aromatic nitrogens is 2. The first kappa shape index (κ1) is 12.4. The maximum Gasteiger partial charge on any atom is 0.396 e. The molecule has 1 aromatic heterocycles. The minimum atomic E-state index is -4.41. The van der Waals surface area contributed by atoms with Crippen LogP contribution < -0.4 is 0 Å². The quantitative estimate of drug-likeness (QED) is 0.818. The van der Waals surface area contributed by atoms with Crippen LogP contribution in [0.25, 0.3) is 0 Å². The van der Waals surface area contributed by atoms with Gasteiger partial charge in [0.25, 0.3) is 5.89 Å². The number of rotatable bonds is 5. The molecule has 0 spiro atoms. The van der Waals surface area contributed by atoms with E-state index in [2.05, 4.69) is 19.4 Å². The van der Waals surface area contributed by atoms with Crippen molar-refractivity contribution in [1.29, 1.82) is 0 Å². The van der Waals surface area contributed by atoms with Gasteiger partial charge in [0.1, 0.15) is 19.6 Å². The van der Waals surface area contributed by atoms with Crippen LogP contribution in [0.1, 0.15) is 11.7 Å². The Labute approximate surface area is 87.0 Å². The van der Waals surface area contributed by atoms with E-state index in [4.69, 9.17) is 5.11 Å². The van der Waals surface area contributed by atoms with E-state index >= 15 is 0 Å². The van der Waals surface area contributed by atoms with E-state index in [1.807, 2.05) is 0 Å². The Bertz CT molecular complexity index is 363. The summed E-state index contributed by atoms with van der Waals surface area (Å²) >= 11 is 0. The summed E-state index contributed by atoms with van der Waals surface area (Å²) in [5, 5.41) is 11.3. The number of aliphatic carboxylic acids is 1. The van der Waals surface area contributed by atoms with E-state index in [0.29, 0.717) is 0 Å². The van der Waals surface area contributed by atoms with Crippen LogP contribution in [0.4, 0.5) is 13.2 Å². The molecule has 1 aromatic rings. The molecule has 0 radical (unpaired) electrons. The van der Waals surface area contributed by atoms with Crippen LogP contribution in [-0.2, 0) is 22.6 Å². The molecule has 0 bridgehead atoms. The van der Waals surface area contributed by atoms with Gasteiger partial charge in [-0.05, 0) is 0 Å². The van der Waals surface area contributed by atoms with Crippen molar-refractivity contribution in [1.82, 2.24) is 10.1 Å². The molecule has 6 nitrogen and oxygen atoms in total. The molecule has 9 heteroatoms. The van der Waals surface area contributed by atoms with Gasteiger partial charge in [-0.3, -0.25) is 0 Å². The van der Waals surface area contributed by atoms with Gasteiger partial charge >= 0.3 is 12.1 Å². The van der Waals surface area contributed by atoms with E-state index in [1.54, 1.807) is 0 Å². The summed E-state index contributed by atoms with van der Waals surface area (Å²) in [5.74, 6) is -1.91. The van der Waals surface area contributed by atoms with Crippen molar-refractivity contribution in [2.24, 2.45) is 0 Å².